The third-order valence-corrected chi connectivity index (χ3v) is 5.07. The highest BCUT2D eigenvalue weighted by Crippen LogP contribution is 2.14. The second kappa shape index (κ2) is 18.5. The fourth-order valence-electron chi connectivity index (χ4n) is 3.17. The normalized spacial score (nSPS) is 10.8. The van der Waals surface area contributed by atoms with Gasteiger partial charge in [0.2, 0.25) is 0 Å². The first-order valence-electron chi connectivity index (χ1n) is 11.8. The van der Waals surface area contributed by atoms with Crippen molar-refractivity contribution in [2.24, 2.45) is 0 Å². The van der Waals surface area contributed by atoms with E-state index in [1.807, 2.05) is 0 Å². The lowest BCUT2D eigenvalue weighted by atomic mass is 10.1. The van der Waals surface area contributed by atoms with Crippen molar-refractivity contribution in [3.8, 4) is 5.75 Å². The average molecular weight is 407 g/mol. The van der Waals surface area contributed by atoms with Crippen LogP contribution in [-0.4, -0.2) is 19.2 Å². The van der Waals surface area contributed by atoms with Gasteiger partial charge in [0.1, 0.15) is 5.75 Å². The minimum Gasteiger partial charge on any atom is -0.494 e. The molecule has 0 saturated carbocycles. The van der Waals surface area contributed by atoms with E-state index in [2.05, 4.69) is 13.8 Å². The number of carbonyl (C=O) groups is 1. The van der Waals surface area contributed by atoms with Gasteiger partial charge >= 0.3 is 5.97 Å². The number of benzene rings is 1. The summed E-state index contributed by atoms with van der Waals surface area (Å²) in [6.07, 6.45) is 17.7. The summed E-state index contributed by atoms with van der Waals surface area (Å²) in [5.41, 5.74) is 0.475. The molecule has 1 aromatic carbocycles. The SMILES string of the molecule is CCCCCCCCCCCCCCOOC(=O)c1ccc(OCCCC)cc1. The van der Waals surface area contributed by atoms with Crippen LogP contribution in [0.4, 0.5) is 0 Å². The molecule has 0 aromatic heterocycles. The van der Waals surface area contributed by atoms with Gasteiger partial charge in [0, 0.05) is 0 Å². The molecule has 0 saturated heterocycles. The first-order valence-corrected chi connectivity index (χ1v) is 11.8. The number of hydrogen-bond donors (Lipinski definition) is 0. The lowest BCUT2D eigenvalue weighted by Crippen LogP contribution is -2.07. The van der Waals surface area contributed by atoms with E-state index in [1.54, 1.807) is 24.3 Å². The van der Waals surface area contributed by atoms with E-state index < -0.39 is 5.97 Å². The number of ether oxygens (including phenoxy) is 1. The van der Waals surface area contributed by atoms with Crippen molar-refractivity contribution in [2.75, 3.05) is 13.2 Å². The van der Waals surface area contributed by atoms with Crippen molar-refractivity contribution in [2.45, 2.75) is 104 Å². The second-order valence-corrected chi connectivity index (χ2v) is 7.81. The molecule has 0 aliphatic rings. The molecule has 0 aliphatic heterocycles. The molecule has 0 radical (unpaired) electrons. The lowest BCUT2D eigenvalue weighted by Gasteiger charge is -2.07. The first-order chi connectivity index (χ1) is 14.3. The topological polar surface area (TPSA) is 44.8 Å². The predicted octanol–water partition coefficient (Wildman–Crippen LogP) is 7.66. The van der Waals surface area contributed by atoms with Crippen LogP contribution in [0.2, 0.25) is 0 Å². The maximum absolute atomic E-state index is 11.9. The molecule has 0 amide bonds. The van der Waals surface area contributed by atoms with Crippen molar-refractivity contribution in [1.29, 1.82) is 0 Å². The number of rotatable bonds is 19. The van der Waals surface area contributed by atoms with Gasteiger partial charge in [-0.3, -0.25) is 4.89 Å². The Labute approximate surface area is 178 Å². The van der Waals surface area contributed by atoms with Crippen LogP contribution in [0.15, 0.2) is 24.3 Å². The van der Waals surface area contributed by atoms with Crippen molar-refractivity contribution in [3.05, 3.63) is 29.8 Å². The summed E-state index contributed by atoms with van der Waals surface area (Å²) in [4.78, 5) is 21.9. The van der Waals surface area contributed by atoms with E-state index in [1.165, 1.54) is 64.2 Å². The van der Waals surface area contributed by atoms with Crippen LogP contribution in [-0.2, 0) is 9.78 Å². The minimum atomic E-state index is -0.455. The predicted molar refractivity (Wildman–Crippen MR) is 119 cm³/mol. The van der Waals surface area contributed by atoms with Gasteiger partial charge < -0.3 is 4.74 Å². The van der Waals surface area contributed by atoms with Crippen LogP contribution in [0, 0.1) is 0 Å². The van der Waals surface area contributed by atoms with Gasteiger partial charge in [-0.1, -0.05) is 90.9 Å². The largest absolute Gasteiger partial charge is 0.494 e. The average Bonchev–Trinajstić information content (AvgIpc) is 2.74. The minimum absolute atomic E-state index is 0.455. The molecule has 4 nitrogen and oxygen atoms in total. The number of carbonyl (C=O) groups excluding carboxylic acids is 1. The lowest BCUT2D eigenvalue weighted by molar-refractivity contribution is -0.241. The zero-order valence-electron chi connectivity index (χ0n) is 18.8. The molecule has 0 aliphatic carbocycles. The Morgan fingerprint density at radius 1 is 0.655 bits per heavy atom. The van der Waals surface area contributed by atoms with E-state index in [9.17, 15) is 4.79 Å². The summed E-state index contributed by atoms with van der Waals surface area (Å²) < 4.78 is 5.58. The van der Waals surface area contributed by atoms with Gasteiger partial charge in [0.05, 0.1) is 18.8 Å². The van der Waals surface area contributed by atoms with E-state index in [0.29, 0.717) is 18.8 Å². The van der Waals surface area contributed by atoms with Crippen molar-refractivity contribution >= 4 is 5.97 Å². The molecule has 0 atom stereocenters. The highest BCUT2D eigenvalue weighted by Gasteiger charge is 2.08. The Morgan fingerprint density at radius 3 is 1.72 bits per heavy atom. The monoisotopic (exact) mass is 406 g/mol. The van der Waals surface area contributed by atoms with Crippen LogP contribution in [0.1, 0.15) is 114 Å². The summed E-state index contributed by atoms with van der Waals surface area (Å²) in [7, 11) is 0. The molecular formula is C25H42O4. The summed E-state index contributed by atoms with van der Waals surface area (Å²) in [5.74, 6) is 0.316. The van der Waals surface area contributed by atoms with E-state index in [4.69, 9.17) is 14.5 Å². The zero-order valence-corrected chi connectivity index (χ0v) is 18.8. The Morgan fingerprint density at radius 2 is 1.17 bits per heavy atom. The third kappa shape index (κ3) is 14.1. The Bertz CT molecular complexity index is 498. The molecule has 4 heteroatoms. The zero-order chi connectivity index (χ0) is 21.0. The molecule has 0 heterocycles. The molecule has 0 fully saturated rings. The standard InChI is InChI=1S/C25H42O4/c1-3-5-7-8-9-10-11-12-13-14-15-16-22-28-29-25(26)23-17-19-24(20-18-23)27-21-6-4-2/h17-20H,3-16,21-22H2,1-2H3. The van der Waals surface area contributed by atoms with Crippen LogP contribution >= 0.6 is 0 Å². The number of hydrogen-bond acceptors (Lipinski definition) is 4. The molecule has 0 bridgehead atoms. The molecule has 0 unspecified atom stereocenters. The quantitative estimate of drug-likeness (QED) is 0.134. The molecule has 1 aromatic rings. The van der Waals surface area contributed by atoms with Gasteiger partial charge in [-0.2, -0.15) is 4.89 Å². The van der Waals surface area contributed by atoms with Crippen molar-refractivity contribution in [3.63, 3.8) is 0 Å². The molecule has 0 spiro atoms. The fraction of sp³-hybridized carbons (Fsp3) is 0.720. The van der Waals surface area contributed by atoms with Crippen LogP contribution in [0.5, 0.6) is 5.75 Å². The van der Waals surface area contributed by atoms with Crippen LogP contribution < -0.4 is 4.74 Å². The Hall–Kier alpha value is -1.55. The fourth-order valence-corrected chi connectivity index (χ4v) is 3.17. The van der Waals surface area contributed by atoms with Gasteiger partial charge in [-0.05, 0) is 37.1 Å². The Kier molecular flexibility index (Phi) is 16.2. The number of unbranched alkanes of at least 4 members (excludes halogenated alkanes) is 12. The molecule has 0 N–H and O–H groups in total. The summed E-state index contributed by atoms with van der Waals surface area (Å²) >= 11 is 0. The third-order valence-electron chi connectivity index (χ3n) is 5.07. The molecule has 166 valence electrons. The highest BCUT2D eigenvalue weighted by molar-refractivity contribution is 5.89. The van der Waals surface area contributed by atoms with E-state index in [-0.39, 0.29) is 0 Å². The smallest absolute Gasteiger partial charge is 0.373 e. The van der Waals surface area contributed by atoms with E-state index >= 15 is 0 Å². The summed E-state index contributed by atoms with van der Waals surface area (Å²) in [5, 5.41) is 0. The highest BCUT2D eigenvalue weighted by atomic mass is 17.2. The van der Waals surface area contributed by atoms with Crippen LogP contribution in [0.25, 0.3) is 0 Å². The summed E-state index contributed by atoms with van der Waals surface area (Å²) in [6, 6.07) is 6.99. The van der Waals surface area contributed by atoms with Gasteiger partial charge in [-0.15, -0.1) is 0 Å². The maximum atomic E-state index is 11.9. The molecular weight excluding hydrogens is 364 g/mol. The maximum Gasteiger partial charge on any atom is 0.373 e. The Balaban J connectivity index is 1.93. The first kappa shape index (κ1) is 25.5. The molecule has 29 heavy (non-hydrogen) atoms. The van der Waals surface area contributed by atoms with E-state index in [0.717, 1.165) is 31.4 Å². The second-order valence-electron chi connectivity index (χ2n) is 7.81. The van der Waals surface area contributed by atoms with Crippen molar-refractivity contribution in [1.82, 2.24) is 0 Å². The van der Waals surface area contributed by atoms with Gasteiger partial charge in [0.25, 0.3) is 0 Å². The van der Waals surface area contributed by atoms with Gasteiger partial charge in [-0.25, -0.2) is 4.79 Å². The van der Waals surface area contributed by atoms with Crippen LogP contribution in [0.3, 0.4) is 0 Å². The summed E-state index contributed by atoms with van der Waals surface area (Å²) in [6.45, 7) is 5.54. The molecule has 1 rings (SSSR count). The van der Waals surface area contributed by atoms with Crippen molar-refractivity contribution < 1.29 is 19.3 Å². The van der Waals surface area contributed by atoms with Gasteiger partial charge in [0.15, 0.2) is 0 Å².